The Kier molecular flexibility index (Phi) is 3.97. The Morgan fingerprint density at radius 3 is 2.72 bits per heavy atom. The maximum Gasteiger partial charge on any atom is 0.257 e. The summed E-state index contributed by atoms with van der Waals surface area (Å²) in [5.41, 5.74) is 0.738. The van der Waals surface area contributed by atoms with Crippen molar-refractivity contribution in [3.8, 4) is 5.75 Å². The highest BCUT2D eigenvalue weighted by Crippen LogP contribution is 2.38. The van der Waals surface area contributed by atoms with E-state index in [1.54, 1.807) is 12.1 Å². The zero-order chi connectivity index (χ0) is 17.6. The maximum atomic E-state index is 13.8. The predicted octanol–water partition coefficient (Wildman–Crippen LogP) is 1.22. The van der Waals surface area contributed by atoms with E-state index in [1.165, 1.54) is 10.4 Å². The summed E-state index contributed by atoms with van der Waals surface area (Å²) in [5, 5.41) is 7.91. The summed E-state index contributed by atoms with van der Waals surface area (Å²) in [5.74, 6) is 0.164. The van der Waals surface area contributed by atoms with Crippen molar-refractivity contribution < 1.29 is 26.7 Å². The van der Waals surface area contributed by atoms with Crippen molar-refractivity contribution >= 4 is 10.0 Å². The molecule has 0 aliphatic carbocycles. The van der Waals surface area contributed by atoms with Gasteiger partial charge in [0.1, 0.15) is 6.10 Å². The highest BCUT2D eigenvalue weighted by molar-refractivity contribution is 7.88. The number of para-hydroxylation sites is 1. The van der Waals surface area contributed by atoms with Gasteiger partial charge in [-0.15, -0.1) is 10.2 Å². The summed E-state index contributed by atoms with van der Waals surface area (Å²) in [7, 11) is -3.32. The molecular formula is C15H16FN3O5S. The van der Waals surface area contributed by atoms with Crippen LogP contribution in [0.2, 0.25) is 0 Å². The average molecular weight is 369 g/mol. The van der Waals surface area contributed by atoms with Gasteiger partial charge in [0.25, 0.3) is 5.89 Å². The van der Waals surface area contributed by atoms with Crippen molar-refractivity contribution in [2.45, 2.75) is 18.6 Å². The minimum Gasteiger partial charge on any atom is -0.477 e. The largest absolute Gasteiger partial charge is 0.477 e. The molecule has 0 N–H and O–H groups in total. The van der Waals surface area contributed by atoms with Gasteiger partial charge >= 0.3 is 0 Å². The van der Waals surface area contributed by atoms with E-state index in [4.69, 9.17) is 13.9 Å². The van der Waals surface area contributed by atoms with Crippen LogP contribution in [0.5, 0.6) is 5.75 Å². The van der Waals surface area contributed by atoms with E-state index in [-0.39, 0.29) is 37.2 Å². The van der Waals surface area contributed by atoms with Crippen LogP contribution in [0.25, 0.3) is 0 Å². The Hall–Kier alpha value is -2.04. The molecule has 0 saturated carbocycles. The summed E-state index contributed by atoms with van der Waals surface area (Å²) in [6.07, 6.45) is 0.371. The zero-order valence-corrected chi connectivity index (χ0v) is 14.2. The molecule has 1 saturated heterocycles. The van der Waals surface area contributed by atoms with E-state index < -0.39 is 28.0 Å². The minimum absolute atomic E-state index is 0.112. The lowest BCUT2D eigenvalue weighted by Crippen LogP contribution is -2.41. The van der Waals surface area contributed by atoms with Crippen LogP contribution >= 0.6 is 0 Å². The lowest BCUT2D eigenvalue weighted by atomic mass is 10.1. The second-order valence-electron chi connectivity index (χ2n) is 6.00. The van der Waals surface area contributed by atoms with Gasteiger partial charge in [-0.2, -0.15) is 4.31 Å². The highest BCUT2D eigenvalue weighted by Gasteiger charge is 2.34. The average Bonchev–Trinajstić information content (AvgIpc) is 3.21. The van der Waals surface area contributed by atoms with E-state index in [0.717, 1.165) is 11.8 Å². The third kappa shape index (κ3) is 3.12. The molecule has 0 spiro atoms. The Morgan fingerprint density at radius 2 is 2.00 bits per heavy atom. The van der Waals surface area contributed by atoms with E-state index in [2.05, 4.69) is 10.2 Å². The Bertz CT molecular complexity index is 900. The molecule has 1 aromatic carbocycles. The number of hydrogen-bond acceptors (Lipinski definition) is 7. The monoisotopic (exact) mass is 369 g/mol. The molecule has 1 aromatic heterocycles. The Labute approximate surface area is 143 Å². The quantitative estimate of drug-likeness (QED) is 0.803. The van der Waals surface area contributed by atoms with Crippen LogP contribution in [0, 0.1) is 5.82 Å². The number of benzene rings is 1. The van der Waals surface area contributed by atoms with Gasteiger partial charge < -0.3 is 13.9 Å². The number of fused-ring (bicyclic) bond motifs is 1. The lowest BCUT2D eigenvalue weighted by Gasteiger charge is -2.29. The summed E-state index contributed by atoms with van der Waals surface area (Å²) in [6.45, 7) is 0.642. The SMILES string of the molecule is CS(=O)(=O)N1CCO[C@H](c2nnc([C@@H]3Cc4cccc(F)c4O3)o2)C1. The fourth-order valence-corrected chi connectivity index (χ4v) is 3.76. The molecule has 4 rings (SSSR count). The molecule has 8 nitrogen and oxygen atoms in total. The first-order valence-electron chi connectivity index (χ1n) is 7.76. The maximum absolute atomic E-state index is 13.8. The van der Waals surface area contributed by atoms with Crippen molar-refractivity contribution in [1.82, 2.24) is 14.5 Å². The smallest absolute Gasteiger partial charge is 0.257 e. The number of ether oxygens (including phenoxy) is 2. The second-order valence-corrected chi connectivity index (χ2v) is 7.98. The third-order valence-corrected chi connectivity index (χ3v) is 5.49. The van der Waals surface area contributed by atoms with Crippen LogP contribution < -0.4 is 4.74 Å². The van der Waals surface area contributed by atoms with E-state index in [1.807, 2.05) is 0 Å². The molecule has 25 heavy (non-hydrogen) atoms. The number of aromatic nitrogens is 2. The molecule has 134 valence electrons. The van der Waals surface area contributed by atoms with Gasteiger partial charge in [0.15, 0.2) is 17.7 Å². The molecule has 2 aliphatic rings. The molecule has 2 aromatic rings. The second kappa shape index (κ2) is 6.04. The van der Waals surface area contributed by atoms with Crippen LogP contribution in [0.15, 0.2) is 22.6 Å². The molecule has 10 heteroatoms. The molecular weight excluding hydrogens is 353 g/mol. The van der Waals surface area contributed by atoms with Gasteiger partial charge in [-0.1, -0.05) is 12.1 Å². The molecule has 0 radical (unpaired) electrons. The van der Waals surface area contributed by atoms with Crippen LogP contribution in [0.1, 0.15) is 29.6 Å². The van der Waals surface area contributed by atoms with Gasteiger partial charge in [0.05, 0.1) is 12.9 Å². The van der Waals surface area contributed by atoms with Crippen molar-refractivity contribution in [2.75, 3.05) is 26.0 Å². The Morgan fingerprint density at radius 1 is 1.24 bits per heavy atom. The van der Waals surface area contributed by atoms with Crippen molar-refractivity contribution in [2.24, 2.45) is 0 Å². The van der Waals surface area contributed by atoms with E-state index in [9.17, 15) is 12.8 Å². The molecule has 3 heterocycles. The standard InChI is InChI=1S/C15H16FN3O5S/c1-25(20,21)19-5-6-22-12(8-19)15-18-17-14(24-15)11-7-9-3-2-4-10(16)13(9)23-11/h2-4,11-12H,5-8H2,1H3/t11-,12-/m0/s1. The van der Waals surface area contributed by atoms with Crippen molar-refractivity contribution in [3.05, 3.63) is 41.4 Å². The van der Waals surface area contributed by atoms with Crippen LogP contribution in [0.4, 0.5) is 4.39 Å². The molecule has 2 atom stereocenters. The molecule has 1 fully saturated rings. The minimum atomic E-state index is -3.32. The van der Waals surface area contributed by atoms with Crippen LogP contribution in [-0.2, 0) is 21.2 Å². The van der Waals surface area contributed by atoms with Gasteiger partial charge in [0.2, 0.25) is 15.9 Å². The summed E-state index contributed by atoms with van der Waals surface area (Å²) >= 11 is 0. The van der Waals surface area contributed by atoms with Crippen molar-refractivity contribution in [3.63, 3.8) is 0 Å². The van der Waals surface area contributed by atoms with Crippen LogP contribution in [-0.4, -0.2) is 48.9 Å². The first kappa shape index (κ1) is 16.4. The molecule has 0 amide bonds. The highest BCUT2D eigenvalue weighted by atomic mass is 32.2. The topological polar surface area (TPSA) is 94.8 Å². The fourth-order valence-electron chi connectivity index (χ4n) is 2.95. The third-order valence-electron chi connectivity index (χ3n) is 4.22. The normalized spacial score (nSPS) is 24.1. The molecule has 0 bridgehead atoms. The Balaban J connectivity index is 1.51. The van der Waals surface area contributed by atoms with Crippen LogP contribution in [0.3, 0.4) is 0 Å². The summed E-state index contributed by atoms with van der Waals surface area (Å²) in [6, 6.07) is 4.73. The first-order valence-corrected chi connectivity index (χ1v) is 9.60. The number of rotatable bonds is 3. The lowest BCUT2D eigenvalue weighted by molar-refractivity contribution is -0.0184. The molecule has 0 unspecified atom stereocenters. The van der Waals surface area contributed by atoms with Gasteiger partial charge in [-0.05, 0) is 6.07 Å². The number of morpholine rings is 1. The molecule has 2 aliphatic heterocycles. The van der Waals surface area contributed by atoms with Gasteiger partial charge in [0, 0.05) is 25.1 Å². The first-order chi connectivity index (χ1) is 11.9. The summed E-state index contributed by atoms with van der Waals surface area (Å²) < 4.78 is 55.2. The predicted molar refractivity (Wildman–Crippen MR) is 82.9 cm³/mol. The number of sulfonamides is 1. The summed E-state index contributed by atoms with van der Waals surface area (Å²) in [4.78, 5) is 0. The van der Waals surface area contributed by atoms with Gasteiger partial charge in [-0.25, -0.2) is 12.8 Å². The number of nitrogens with zero attached hydrogens (tertiary/aromatic N) is 3. The zero-order valence-electron chi connectivity index (χ0n) is 13.4. The van der Waals surface area contributed by atoms with Gasteiger partial charge in [-0.3, -0.25) is 0 Å². The fraction of sp³-hybridized carbons (Fsp3) is 0.467. The van der Waals surface area contributed by atoms with E-state index >= 15 is 0 Å². The number of halogens is 1. The number of hydrogen-bond donors (Lipinski definition) is 0. The van der Waals surface area contributed by atoms with Crippen molar-refractivity contribution in [1.29, 1.82) is 0 Å². The van der Waals surface area contributed by atoms with E-state index in [0.29, 0.717) is 6.42 Å².